The van der Waals surface area contributed by atoms with Gasteiger partial charge in [-0.2, -0.15) is 0 Å². The lowest BCUT2D eigenvalue weighted by atomic mass is 9.78. The summed E-state index contributed by atoms with van der Waals surface area (Å²) in [6.07, 6.45) is 4.50. The Morgan fingerprint density at radius 1 is 1.17 bits per heavy atom. The topological polar surface area (TPSA) is 44.5 Å². The SMILES string of the molecule is COc1ccc(OC)c(C2(CN)CCCC2)c1Cl. The molecule has 0 aromatic heterocycles. The maximum atomic E-state index is 6.48. The highest BCUT2D eigenvalue weighted by molar-refractivity contribution is 6.33. The Morgan fingerprint density at radius 3 is 2.22 bits per heavy atom. The number of halogens is 1. The van der Waals surface area contributed by atoms with Crippen molar-refractivity contribution in [3.8, 4) is 11.5 Å². The van der Waals surface area contributed by atoms with E-state index in [0.29, 0.717) is 17.3 Å². The van der Waals surface area contributed by atoms with Crippen molar-refractivity contribution in [3.63, 3.8) is 0 Å². The van der Waals surface area contributed by atoms with Gasteiger partial charge in [0.15, 0.2) is 0 Å². The van der Waals surface area contributed by atoms with Crippen molar-refractivity contribution in [2.75, 3.05) is 20.8 Å². The molecular weight excluding hydrogens is 250 g/mol. The number of nitrogens with two attached hydrogens (primary N) is 1. The lowest BCUT2D eigenvalue weighted by molar-refractivity contribution is 0.370. The van der Waals surface area contributed by atoms with Crippen LogP contribution in [0.1, 0.15) is 31.2 Å². The van der Waals surface area contributed by atoms with Gasteiger partial charge in [0, 0.05) is 17.5 Å². The number of hydrogen-bond donors (Lipinski definition) is 1. The smallest absolute Gasteiger partial charge is 0.138 e. The van der Waals surface area contributed by atoms with Crippen molar-refractivity contribution in [1.29, 1.82) is 0 Å². The Kier molecular flexibility index (Phi) is 4.03. The van der Waals surface area contributed by atoms with Crippen molar-refractivity contribution < 1.29 is 9.47 Å². The molecule has 1 saturated carbocycles. The van der Waals surface area contributed by atoms with Gasteiger partial charge < -0.3 is 15.2 Å². The third-order valence-electron chi connectivity index (χ3n) is 3.99. The third-order valence-corrected chi connectivity index (χ3v) is 4.37. The molecule has 0 saturated heterocycles. The molecule has 0 atom stereocenters. The Balaban J connectivity index is 2.59. The van der Waals surface area contributed by atoms with Crippen LogP contribution in [0.4, 0.5) is 0 Å². The lowest BCUT2D eigenvalue weighted by Crippen LogP contribution is -2.32. The van der Waals surface area contributed by atoms with Crippen molar-refractivity contribution >= 4 is 11.6 Å². The molecule has 1 aromatic carbocycles. The summed E-state index contributed by atoms with van der Waals surface area (Å²) in [4.78, 5) is 0. The number of rotatable bonds is 4. The summed E-state index contributed by atoms with van der Waals surface area (Å²) in [7, 11) is 3.29. The molecule has 0 heterocycles. The molecular formula is C14H20ClNO2. The fourth-order valence-corrected chi connectivity index (χ4v) is 3.40. The lowest BCUT2D eigenvalue weighted by Gasteiger charge is -2.31. The Morgan fingerprint density at radius 2 is 1.72 bits per heavy atom. The number of hydrogen-bond acceptors (Lipinski definition) is 3. The van der Waals surface area contributed by atoms with Crippen LogP contribution in [0.25, 0.3) is 0 Å². The van der Waals surface area contributed by atoms with Crippen LogP contribution in [0.2, 0.25) is 5.02 Å². The molecule has 0 aliphatic heterocycles. The standard InChI is InChI=1S/C14H20ClNO2/c1-17-10-5-6-11(18-2)13(15)12(10)14(9-16)7-3-4-8-14/h5-6H,3-4,7-9,16H2,1-2H3. The molecule has 1 fully saturated rings. The van der Waals surface area contributed by atoms with E-state index in [1.54, 1.807) is 14.2 Å². The zero-order valence-corrected chi connectivity index (χ0v) is 11.7. The number of ether oxygens (including phenoxy) is 2. The minimum absolute atomic E-state index is 0.0586. The molecule has 0 radical (unpaired) electrons. The maximum Gasteiger partial charge on any atom is 0.138 e. The number of methoxy groups -OCH3 is 2. The van der Waals surface area contributed by atoms with Gasteiger partial charge in [-0.25, -0.2) is 0 Å². The summed E-state index contributed by atoms with van der Waals surface area (Å²) >= 11 is 6.48. The summed E-state index contributed by atoms with van der Waals surface area (Å²) in [5.41, 5.74) is 6.99. The molecule has 1 aromatic rings. The van der Waals surface area contributed by atoms with Crippen LogP contribution in [0.5, 0.6) is 11.5 Å². The maximum absolute atomic E-state index is 6.48. The van der Waals surface area contributed by atoms with Crippen LogP contribution in [0.3, 0.4) is 0 Å². The molecule has 2 rings (SSSR count). The van der Waals surface area contributed by atoms with Gasteiger partial charge in [-0.3, -0.25) is 0 Å². The van der Waals surface area contributed by atoms with E-state index in [4.69, 9.17) is 26.8 Å². The van der Waals surface area contributed by atoms with Gasteiger partial charge in [-0.15, -0.1) is 0 Å². The zero-order valence-electron chi connectivity index (χ0n) is 11.0. The van der Waals surface area contributed by atoms with Crippen molar-refractivity contribution in [3.05, 3.63) is 22.7 Å². The van der Waals surface area contributed by atoms with E-state index >= 15 is 0 Å². The van der Waals surface area contributed by atoms with Crippen molar-refractivity contribution in [2.45, 2.75) is 31.1 Å². The quantitative estimate of drug-likeness (QED) is 0.913. The van der Waals surface area contributed by atoms with Crippen molar-refractivity contribution in [2.24, 2.45) is 5.73 Å². The second-order valence-electron chi connectivity index (χ2n) is 4.85. The first-order valence-corrected chi connectivity index (χ1v) is 6.67. The highest BCUT2D eigenvalue weighted by atomic mass is 35.5. The molecule has 100 valence electrons. The average molecular weight is 270 g/mol. The van der Waals surface area contributed by atoms with Gasteiger partial charge >= 0.3 is 0 Å². The van der Waals surface area contributed by atoms with Gasteiger partial charge in [0.05, 0.1) is 19.2 Å². The zero-order chi connectivity index (χ0) is 13.2. The second kappa shape index (κ2) is 5.37. The van der Waals surface area contributed by atoms with Crippen LogP contribution >= 0.6 is 11.6 Å². The fraction of sp³-hybridized carbons (Fsp3) is 0.571. The Labute approximate surface area is 113 Å². The van der Waals surface area contributed by atoms with Gasteiger partial charge in [-0.05, 0) is 25.0 Å². The van der Waals surface area contributed by atoms with Gasteiger partial charge in [-0.1, -0.05) is 24.4 Å². The summed E-state index contributed by atoms with van der Waals surface area (Å²) in [5, 5.41) is 0.643. The van der Waals surface area contributed by atoms with E-state index in [2.05, 4.69) is 0 Å². The fourth-order valence-electron chi connectivity index (χ4n) is 2.97. The van der Waals surface area contributed by atoms with Crippen LogP contribution in [-0.4, -0.2) is 20.8 Å². The molecule has 1 aliphatic carbocycles. The van der Waals surface area contributed by atoms with E-state index in [0.717, 1.165) is 24.2 Å². The van der Waals surface area contributed by atoms with Crippen LogP contribution in [0, 0.1) is 0 Å². The summed E-state index contributed by atoms with van der Waals surface area (Å²) in [6.45, 7) is 0.593. The number of benzene rings is 1. The molecule has 2 N–H and O–H groups in total. The Bertz CT molecular complexity index is 428. The largest absolute Gasteiger partial charge is 0.496 e. The van der Waals surface area contributed by atoms with E-state index in [1.807, 2.05) is 12.1 Å². The normalized spacial score (nSPS) is 17.8. The molecule has 3 nitrogen and oxygen atoms in total. The summed E-state index contributed by atoms with van der Waals surface area (Å²) < 4.78 is 10.8. The predicted octanol–water partition coefficient (Wildman–Crippen LogP) is 3.13. The molecule has 0 unspecified atom stereocenters. The minimum atomic E-state index is -0.0586. The molecule has 0 bridgehead atoms. The van der Waals surface area contributed by atoms with Crippen LogP contribution in [-0.2, 0) is 5.41 Å². The summed E-state index contributed by atoms with van der Waals surface area (Å²) in [6, 6.07) is 3.75. The second-order valence-corrected chi connectivity index (χ2v) is 5.23. The first-order chi connectivity index (χ1) is 8.68. The van der Waals surface area contributed by atoms with Gasteiger partial charge in [0.25, 0.3) is 0 Å². The first kappa shape index (κ1) is 13.5. The van der Waals surface area contributed by atoms with Gasteiger partial charge in [0.2, 0.25) is 0 Å². The third kappa shape index (κ3) is 2.06. The van der Waals surface area contributed by atoms with E-state index in [9.17, 15) is 0 Å². The monoisotopic (exact) mass is 269 g/mol. The molecule has 4 heteroatoms. The molecule has 0 amide bonds. The van der Waals surface area contributed by atoms with E-state index in [-0.39, 0.29) is 5.41 Å². The van der Waals surface area contributed by atoms with Crippen LogP contribution in [0.15, 0.2) is 12.1 Å². The first-order valence-electron chi connectivity index (χ1n) is 6.29. The highest BCUT2D eigenvalue weighted by Crippen LogP contribution is 2.49. The average Bonchev–Trinajstić information content (AvgIpc) is 2.88. The summed E-state index contributed by atoms with van der Waals surface area (Å²) in [5.74, 6) is 1.50. The molecule has 18 heavy (non-hydrogen) atoms. The molecule has 0 spiro atoms. The van der Waals surface area contributed by atoms with Crippen LogP contribution < -0.4 is 15.2 Å². The van der Waals surface area contributed by atoms with E-state index in [1.165, 1.54) is 12.8 Å². The molecule has 1 aliphatic rings. The van der Waals surface area contributed by atoms with Gasteiger partial charge in [0.1, 0.15) is 11.5 Å². The predicted molar refractivity (Wildman–Crippen MR) is 73.8 cm³/mol. The highest BCUT2D eigenvalue weighted by Gasteiger charge is 2.39. The van der Waals surface area contributed by atoms with Crippen molar-refractivity contribution in [1.82, 2.24) is 0 Å². The Hall–Kier alpha value is -0.930. The minimum Gasteiger partial charge on any atom is -0.496 e. The van der Waals surface area contributed by atoms with E-state index < -0.39 is 0 Å².